The summed E-state index contributed by atoms with van der Waals surface area (Å²) < 4.78 is 4.77. The normalized spacial score (nSPS) is 9.80. The van der Waals surface area contributed by atoms with Crippen molar-refractivity contribution in [3.63, 3.8) is 0 Å². The van der Waals surface area contributed by atoms with Crippen molar-refractivity contribution in [1.82, 2.24) is 0 Å². The van der Waals surface area contributed by atoms with Crippen molar-refractivity contribution in [2.75, 3.05) is 0 Å². The molecule has 0 amide bonds. The van der Waals surface area contributed by atoms with Crippen LogP contribution in [0.1, 0.15) is 26.3 Å². The number of rotatable bonds is 4. The lowest BCUT2D eigenvalue weighted by Gasteiger charge is -2.03. The number of ether oxygens (including phenoxy) is 1. The average Bonchev–Trinajstić information content (AvgIpc) is 2.49. The fourth-order valence-electron chi connectivity index (χ4n) is 1.65. The first-order valence-electron chi connectivity index (χ1n) is 6.05. The molecule has 100 valence electrons. The highest BCUT2D eigenvalue weighted by Crippen LogP contribution is 2.08. The molecule has 0 radical (unpaired) electrons. The van der Waals surface area contributed by atoms with E-state index in [0.29, 0.717) is 5.56 Å². The number of carbonyl (C=O) groups excluding carboxylic acids is 3. The van der Waals surface area contributed by atoms with Gasteiger partial charge in [0, 0.05) is 6.42 Å². The summed E-state index contributed by atoms with van der Waals surface area (Å²) in [5, 5.41) is 0. The van der Waals surface area contributed by atoms with Crippen LogP contribution in [0.3, 0.4) is 0 Å². The summed E-state index contributed by atoms with van der Waals surface area (Å²) in [6, 6.07) is 14.6. The zero-order chi connectivity index (χ0) is 14.4. The van der Waals surface area contributed by atoms with Gasteiger partial charge >= 0.3 is 11.9 Å². The monoisotopic (exact) mass is 268 g/mol. The second-order valence-corrected chi connectivity index (χ2v) is 4.11. The molecule has 0 heterocycles. The quantitative estimate of drug-likeness (QED) is 0.485. The Labute approximate surface area is 116 Å². The topological polar surface area (TPSA) is 60.4 Å². The third-order valence-corrected chi connectivity index (χ3v) is 2.70. The Kier molecular flexibility index (Phi) is 4.39. The lowest BCUT2D eigenvalue weighted by molar-refractivity contribution is -0.107. The maximum atomic E-state index is 11.8. The van der Waals surface area contributed by atoms with Crippen LogP contribution in [0.2, 0.25) is 0 Å². The van der Waals surface area contributed by atoms with E-state index in [1.165, 1.54) is 12.1 Å². The van der Waals surface area contributed by atoms with Crippen LogP contribution in [0.15, 0.2) is 54.6 Å². The summed E-state index contributed by atoms with van der Waals surface area (Å²) in [6.45, 7) is 0. The van der Waals surface area contributed by atoms with Gasteiger partial charge in [0.05, 0.1) is 11.1 Å². The van der Waals surface area contributed by atoms with Crippen molar-refractivity contribution < 1.29 is 19.1 Å². The second-order valence-electron chi connectivity index (χ2n) is 4.11. The van der Waals surface area contributed by atoms with E-state index in [1.54, 1.807) is 42.5 Å². The van der Waals surface area contributed by atoms with Crippen molar-refractivity contribution in [3.8, 4) is 0 Å². The van der Waals surface area contributed by atoms with Crippen LogP contribution in [-0.4, -0.2) is 18.2 Å². The van der Waals surface area contributed by atoms with E-state index in [1.807, 2.05) is 0 Å². The van der Waals surface area contributed by atoms with Gasteiger partial charge in [-0.2, -0.15) is 0 Å². The zero-order valence-electron chi connectivity index (χ0n) is 10.6. The third-order valence-electron chi connectivity index (χ3n) is 2.70. The van der Waals surface area contributed by atoms with Crippen LogP contribution in [0.4, 0.5) is 0 Å². The summed E-state index contributed by atoms with van der Waals surface area (Å²) >= 11 is 0. The van der Waals surface area contributed by atoms with Gasteiger partial charge in [-0.3, -0.25) is 0 Å². The number of hydrogen-bond donors (Lipinski definition) is 0. The van der Waals surface area contributed by atoms with E-state index >= 15 is 0 Å². The lowest BCUT2D eigenvalue weighted by Crippen LogP contribution is -2.12. The Hall–Kier alpha value is -2.75. The summed E-state index contributed by atoms with van der Waals surface area (Å²) in [5.74, 6) is -1.40. The van der Waals surface area contributed by atoms with Crippen molar-refractivity contribution >= 4 is 18.2 Å². The molecule has 0 atom stereocenters. The maximum absolute atomic E-state index is 11.8. The summed E-state index contributed by atoms with van der Waals surface area (Å²) in [4.78, 5) is 33.9. The van der Waals surface area contributed by atoms with E-state index in [4.69, 9.17) is 4.74 Å². The Morgan fingerprint density at radius 1 is 0.850 bits per heavy atom. The van der Waals surface area contributed by atoms with E-state index in [9.17, 15) is 14.4 Å². The lowest BCUT2D eigenvalue weighted by atomic mass is 10.1. The molecule has 2 rings (SSSR count). The highest BCUT2D eigenvalue weighted by Gasteiger charge is 2.14. The molecule has 0 aliphatic heterocycles. The summed E-state index contributed by atoms with van der Waals surface area (Å²) in [6.07, 6.45) is 1.07. The molecule has 0 unspecified atom stereocenters. The highest BCUT2D eigenvalue weighted by atomic mass is 16.6. The predicted molar refractivity (Wildman–Crippen MR) is 72.4 cm³/mol. The van der Waals surface area contributed by atoms with E-state index in [2.05, 4.69) is 0 Å². The van der Waals surface area contributed by atoms with Crippen molar-refractivity contribution in [2.24, 2.45) is 0 Å². The zero-order valence-corrected chi connectivity index (χ0v) is 10.6. The molecule has 0 aliphatic carbocycles. The first-order chi connectivity index (χ1) is 9.70. The van der Waals surface area contributed by atoms with Crippen LogP contribution < -0.4 is 0 Å². The van der Waals surface area contributed by atoms with Crippen molar-refractivity contribution in [2.45, 2.75) is 6.42 Å². The first-order valence-corrected chi connectivity index (χ1v) is 6.05. The van der Waals surface area contributed by atoms with Crippen LogP contribution >= 0.6 is 0 Å². The number of hydrogen-bond acceptors (Lipinski definition) is 4. The average molecular weight is 268 g/mol. The molecular weight excluding hydrogens is 256 g/mol. The van der Waals surface area contributed by atoms with Gasteiger partial charge in [-0.25, -0.2) is 9.59 Å². The minimum atomic E-state index is -0.712. The Morgan fingerprint density at radius 2 is 1.40 bits per heavy atom. The van der Waals surface area contributed by atoms with Gasteiger partial charge in [0.15, 0.2) is 0 Å². The largest absolute Gasteiger partial charge is 0.386 e. The molecule has 0 saturated heterocycles. The summed E-state index contributed by atoms with van der Waals surface area (Å²) in [7, 11) is 0. The predicted octanol–water partition coefficient (Wildman–Crippen LogP) is 2.43. The minimum absolute atomic E-state index is 0.268. The second kappa shape index (κ2) is 6.43. The fourth-order valence-corrected chi connectivity index (χ4v) is 1.65. The smallest absolute Gasteiger partial charge is 0.346 e. The van der Waals surface area contributed by atoms with Crippen LogP contribution in [-0.2, 0) is 16.0 Å². The first kappa shape index (κ1) is 13.7. The molecule has 4 heteroatoms. The molecule has 4 nitrogen and oxygen atoms in total. The molecular formula is C16H12O4. The number of carbonyl (C=O) groups is 3. The molecule has 0 spiro atoms. The molecule has 0 aliphatic rings. The Bertz CT molecular complexity index is 615. The van der Waals surface area contributed by atoms with Gasteiger partial charge < -0.3 is 9.53 Å². The van der Waals surface area contributed by atoms with Gasteiger partial charge in [-0.15, -0.1) is 0 Å². The molecule has 0 bridgehead atoms. The van der Waals surface area contributed by atoms with E-state index < -0.39 is 11.9 Å². The van der Waals surface area contributed by atoms with Crippen LogP contribution in [0.25, 0.3) is 0 Å². The molecule has 0 saturated carbocycles. The molecule has 2 aromatic rings. The summed E-state index contributed by atoms with van der Waals surface area (Å²) in [5.41, 5.74) is 1.38. The molecule has 0 aromatic heterocycles. The van der Waals surface area contributed by atoms with E-state index in [0.717, 1.165) is 11.8 Å². The van der Waals surface area contributed by atoms with Crippen molar-refractivity contribution in [1.29, 1.82) is 0 Å². The Balaban J connectivity index is 2.04. The van der Waals surface area contributed by atoms with Gasteiger partial charge in [0.1, 0.15) is 6.29 Å². The molecule has 0 N–H and O–H groups in total. The van der Waals surface area contributed by atoms with Gasteiger partial charge in [-0.05, 0) is 29.8 Å². The fraction of sp³-hybridized carbons (Fsp3) is 0.0625. The standard InChI is InChI=1S/C16H12O4/c17-11-10-12-6-8-14(9-7-12)16(19)20-15(18)13-4-2-1-3-5-13/h1-9,11H,10H2. The number of esters is 2. The highest BCUT2D eigenvalue weighted by molar-refractivity contribution is 6.02. The molecule has 0 fully saturated rings. The number of aldehydes is 1. The van der Waals surface area contributed by atoms with Gasteiger partial charge in [0.25, 0.3) is 0 Å². The molecule has 20 heavy (non-hydrogen) atoms. The van der Waals surface area contributed by atoms with Crippen molar-refractivity contribution in [3.05, 3.63) is 71.3 Å². The maximum Gasteiger partial charge on any atom is 0.346 e. The molecule has 2 aromatic carbocycles. The Morgan fingerprint density at radius 3 is 1.95 bits per heavy atom. The van der Waals surface area contributed by atoms with Gasteiger partial charge in [0.2, 0.25) is 0 Å². The number of benzene rings is 2. The SMILES string of the molecule is O=CCc1ccc(C(=O)OC(=O)c2ccccc2)cc1. The van der Waals surface area contributed by atoms with Gasteiger partial charge in [-0.1, -0.05) is 30.3 Å². The minimum Gasteiger partial charge on any atom is -0.386 e. The van der Waals surface area contributed by atoms with Crippen LogP contribution in [0, 0.1) is 0 Å². The third kappa shape index (κ3) is 3.38. The van der Waals surface area contributed by atoms with E-state index in [-0.39, 0.29) is 12.0 Å². The van der Waals surface area contributed by atoms with Crippen LogP contribution in [0.5, 0.6) is 0 Å².